The monoisotopic (exact) mass is 256 g/mol. The van der Waals surface area contributed by atoms with Gasteiger partial charge in [0, 0.05) is 12.7 Å². The molecule has 0 radical (unpaired) electrons. The normalized spacial score (nSPS) is 10.4. The zero-order chi connectivity index (χ0) is 13.7. The summed E-state index contributed by atoms with van der Waals surface area (Å²) in [5.74, 6) is -0.160. The van der Waals surface area contributed by atoms with Gasteiger partial charge in [0.25, 0.3) is 0 Å². The fraction of sp³-hybridized carbons (Fsp3) is 0.188. The number of carbonyl (C=O) groups is 1. The van der Waals surface area contributed by atoms with Crippen LogP contribution in [0.2, 0.25) is 0 Å². The van der Waals surface area contributed by atoms with E-state index < -0.39 is 0 Å². The van der Waals surface area contributed by atoms with Gasteiger partial charge in [0.1, 0.15) is 5.75 Å². The SMILES string of the molecule is COCCc1ccc(C(=O)c2ccccc2O)cc1. The van der Waals surface area contributed by atoms with Gasteiger partial charge >= 0.3 is 0 Å². The second kappa shape index (κ2) is 6.16. The topological polar surface area (TPSA) is 46.5 Å². The summed E-state index contributed by atoms with van der Waals surface area (Å²) < 4.78 is 5.01. The quantitative estimate of drug-likeness (QED) is 0.837. The maximum atomic E-state index is 12.2. The molecule has 0 saturated heterocycles. The Hall–Kier alpha value is -2.13. The van der Waals surface area contributed by atoms with E-state index in [0.29, 0.717) is 17.7 Å². The first kappa shape index (κ1) is 13.3. The summed E-state index contributed by atoms with van der Waals surface area (Å²) in [5.41, 5.74) is 2.02. The van der Waals surface area contributed by atoms with E-state index in [9.17, 15) is 9.90 Å². The molecule has 0 aliphatic carbocycles. The number of phenols is 1. The molecule has 2 aromatic carbocycles. The molecule has 1 N–H and O–H groups in total. The van der Waals surface area contributed by atoms with Crippen LogP contribution in [0.4, 0.5) is 0 Å². The fourth-order valence-electron chi connectivity index (χ4n) is 1.86. The maximum absolute atomic E-state index is 12.2. The maximum Gasteiger partial charge on any atom is 0.196 e. The molecule has 2 rings (SSSR count). The minimum atomic E-state index is -0.170. The first-order chi connectivity index (χ1) is 9.22. The highest BCUT2D eigenvalue weighted by atomic mass is 16.5. The number of para-hydroxylation sites is 1. The van der Waals surface area contributed by atoms with Crippen molar-refractivity contribution in [1.82, 2.24) is 0 Å². The molecule has 0 unspecified atom stereocenters. The number of ketones is 1. The van der Waals surface area contributed by atoms with Gasteiger partial charge < -0.3 is 9.84 Å². The minimum Gasteiger partial charge on any atom is -0.507 e. The molecule has 0 aromatic heterocycles. The van der Waals surface area contributed by atoms with Crippen LogP contribution in [0.25, 0.3) is 0 Å². The van der Waals surface area contributed by atoms with E-state index in [-0.39, 0.29) is 11.5 Å². The Morgan fingerprint density at radius 3 is 2.42 bits per heavy atom. The largest absolute Gasteiger partial charge is 0.507 e. The van der Waals surface area contributed by atoms with Gasteiger partial charge in [-0.05, 0) is 24.1 Å². The third-order valence-corrected chi connectivity index (χ3v) is 2.96. The van der Waals surface area contributed by atoms with E-state index in [1.165, 1.54) is 6.07 Å². The average Bonchev–Trinajstić information content (AvgIpc) is 2.45. The molecular weight excluding hydrogens is 240 g/mol. The molecule has 0 atom stereocenters. The number of hydrogen-bond acceptors (Lipinski definition) is 3. The highest BCUT2D eigenvalue weighted by Gasteiger charge is 2.12. The van der Waals surface area contributed by atoms with Crippen LogP contribution >= 0.6 is 0 Å². The molecule has 98 valence electrons. The van der Waals surface area contributed by atoms with Crippen molar-refractivity contribution in [1.29, 1.82) is 0 Å². The van der Waals surface area contributed by atoms with Crippen LogP contribution in [0, 0.1) is 0 Å². The standard InChI is InChI=1S/C16H16O3/c1-19-11-10-12-6-8-13(9-7-12)16(18)14-4-2-3-5-15(14)17/h2-9,17H,10-11H2,1H3. The van der Waals surface area contributed by atoms with Gasteiger partial charge in [-0.1, -0.05) is 36.4 Å². The average molecular weight is 256 g/mol. The summed E-state index contributed by atoms with van der Waals surface area (Å²) in [7, 11) is 1.66. The first-order valence-corrected chi connectivity index (χ1v) is 6.13. The Morgan fingerprint density at radius 2 is 1.79 bits per heavy atom. The van der Waals surface area contributed by atoms with Crippen molar-refractivity contribution >= 4 is 5.78 Å². The Morgan fingerprint density at radius 1 is 1.11 bits per heavy atom. The molecule has 0 spiro atoms. The van der Waals surface area contributed by atoms with E-state index in [1.54, 1.807) is 37.4 Å². The van der Waals surface area contributed by atoms with Gasteiger partial charge in [0.05, 0.1) is 12.2 Å². The molecule has 0 aliphatic rings. The van der Waals surface area contributed by atoms with E-state index in [0.717, 1.165) is 12.0 Å². The molecule has 0 fully saturated rings. The van der Waals surface area contributed by atoms with Crippen molar-refractivity contribution in [2.24, 2.45) is 0 Å². The minimum absolute atomic E-state index is 0.0101. The van der Waals surface area contributed by atoms with Crippen LogP contribution in [-0.2, 0) is 11.2 Å². The van der Waals surface area contributed by atoms with Gasteiger partial charge in [-0.3, -0.25) is 4.79 Å². The third-order valence-electron chi connectivity index (χ3n) is 2.96. The number of phenolic OH excluding ortho intramolecular Hbond substituents is 1. The van der Waals surface area contributed by atoms with E-state index >= 15 is 0 Å². The summed E-state index contributed by atoms with van der Waals surface area (Å²) in [5, 5.41) is 9.68. The highest BCUT2D eigenvalue weighted by Crippen LogP contribution is 2.20. The predicted molar refractivity (Wildman–Crippen MR) is 73.6 cm³/mol. The molecule has 0 amide bonds. The highest BCUT2D eigenvalue weighted by molar-refractivity contribution is 6.10. The van der Waals surface area contributed by atoms with E-state index in [1.807, 2.05) is 12.1 Å². The summed E-state index contributed by atoms with van der Waals surface area (Å²) in [6.45, 7) is 0.659. The summed E-state index contributed by atoms with van der Waals surface area (Å²) in [6.07, 6.45) is 0.821. The zero-order valence-corrected chi connectivity index (χ0v) is 10.8. The second-order valence-corrected chi connectivity index (χ2v) is 4.29. The lowest BCUT2D eigenvalue weighted by Crippen LogP contribution is -2.02. The third kappa shape index (κ3) is 3.20. The van der Waals surface area contributed by atoms with Crippen LogP contribution in [0.3, 0.4) is 0 Å². The molecule has 2 aromatic rings. The summed E-state index contributed by atoms with van der Waals surface area (Å²) in [6, 6.07) is 13.9. The lowest BCUT2D eigenvalue weighted by atomic mass is 10.0. The lowest BCUT2D eigenvalue weighted by molar-refractivity contribution is 0.103. The van der Waals surface area contributed by atoms with Crippen LogP contribution in [0.15, 0.2) is 48.5 Å². The molecule has 3 nitrogen and oxygen atoms in total. The molecular formula is C16H16O3. The van der Waals surface area contributed by atoms with Crippen LogP contribution in [0.5, 0.6) is 5.75 Å². The zero-order valence-electron chi connectivity index (χ0n) is 10.8. The van der Waals surface area contributed by atoms with Crippen molar-refractivity contribution in [2.75, 3.05) is 13.7 Å². The van der Waals surface area contributed by atoms with E-state index in [2.05, 4.69) is 0 Å². The Bertz CT molecular complexity index is 558. The fourth-order valence-corrected chi connectivity index (χ4v) is 1.86. The van der Waals surface area contributed by atoms with E-state index in [4.69, 9.17) is 4.74 Å². The van der Waals surface area contributed by atoms with Gasteiger partial charge in [0.15, 0.2) is 5.78 Å². The summed E-state index contributed by atoms with van der Waals surface area (Å²) in [4.78, 5) is 12.2. The van der Waals surface area contributed by atoms with Crippen LogP contribution in [-0.4, -0.2) is 24.6 Å². The predicted octanol–water partition coefficient (Wildman–Crippen LogP) is 2.81. The molecule has 19 heavy (non-hydrogen) atoms. The molecule has 0 saturated carbocycles. The number of rotatable bonds is 5. The van der Waals surface area contributed by atoms with Crippen molar-refractivity contribution in [3.8, 4) is 5.75 Å². The number of methoxy groups -OCH3 is 1. The molecule has 0 aliphatic heterocycles. The summed E-state index contributed by atoms with van der Waals surface area (Å²) >= 11 is 0. The number of carbonyl (C=O) groups excluding carboxylic acids is 1. The number of benzene rings is 2. The Balaban J connectivity index is 2.18. The lowest BCUT2D eigenvalue weighted by Gasteiger charge is -2.05. The van der Waals surface area contributed by atoms with Crippen molar-refractivity contribution in [3.05, 3.63) is 65.2 Å². The van der Waals surface area contributed by atoms with Crippen LogP contribution in [0.1, 0.15) is 21.5 Å². The van der Waals surface area contributed by atoms with Crippen LogP contribution < -0.4 is 0 Å². The number of hydrogen-bond donors (Lipinski definition) is 1. The molecule has 0 heterocycles. The Labute approximate surface area is 112 Å². The number of aromatic hydroxyl groups is 1. The second-order valence-electron chi connectivity index (χ2n) is 4.29. The molecule has 3 heteroatoms. The number of ether oxygens (including phenoxy) is 1. The molecule has 0 bridgehead atoms. The van der Waals surface area contributed by atoms with Crippen molar-refractivity contribution < 1.29 is 14.6 Å². The van der Waals surface area contributed by atoms with Gasteiger partial charge in [-0.2, -0.15) is 0 Å². The van der Waals surface area contributed by atoms with Gasteiger partial charge in [-0.25, -0.2) is 0 Å². The smallest absolute Gasteiger partial charge is 0.196 e. The first-order valence-electron chi connectivity index (χ1n) is 6.13. The van der Waals surface area contributed by atoms with Crippen molar-refractivity contribution in [3.63, 3.8) is 0 Å². The van der Waals surface area contributed by atoms with Crippen molar-refractivity contribution in [2.45, 2.75) is 6.42 Å². The van der Waals surface area contributed by atoms with Gasteiger partial charge in [0.2, 0.25) is 0 Å². The Kier molecular flexibility index (Phi) is 4.31. The van der Waals surface area contributed by atoms with Gasteiger partial charge in [-0.15, -0.1) is 0 Å².